The summed E-state index contributed by atoms with van der Waals surface area (Å²) in [5, 5.41) is 28.6. The first-order valence-corrected chi connectivity index (χ1v) is 23.1. The Hall–Kier alpha value is -2.89. The minimum atomic E-state index is -4.68. The van der Waals surface area contributed by atoms with Gasteiger partial charge in [0, 0.05) is 12.8 Å². The molecule has 0 rings (SSSR count). The molecule has 0 amide bonds. The van der Waals surface area contributed by atoms with Gasteiger partial charge >= 0.3 is 19.8 Å². The molecule has 0 heterocycles. The Balaban J connectivity index is 4.55. The van der Waals surface area contributed by atoms with Crippen LogP contribution >= 0.6 is 7.82 Å². The van der Waals surface area contributed by atoms with Crippen molar-refractivity contribution in [1.82, 2.24) is 0 Å². The fourth-order valence-electron chi connectivity index (χ4n) is 5.27. The Morgan fingerprint density at radius 3 is 1.72 bits per heavy atom. The average Bonchev–Trinajstić information content (AvgIpc) is 3.21. The van der Waals surface area contributed by atoms with E-state index in [-0.39, 0.29) is 19.3 Å². The van der Waals surface area contributed by atoms with Crippen LogP contribution in [0.1, 0.15) is 149 Å². The van der Waals surface area contributed by atoms with Crippen LogP contribution in [-0.2, 0) is 32.7 Å². The van der Waals surface area contributed by atoms with Crippen molar-refractivity contribution in [2.24, 2.45) is 0 Å². The highest BCUT2D eigenvalue weighted by atomic mass is 31.2. The van der Waals surface area contributed by atoms with Gasteiger partial charge in [0.25, 0.3) is 0 Å². The number of carbonyl (C=O) groups excluding carboxylic acids is 2. The number of carbonyl (C=O) groups is 2. The van der Waals surface area contributed by atoms with Crippen molar-refractivity contribution in [3.05, 3.63) is 85.1 Å². The van der Waals surface area contributed by atoms with Crippen LogP contribution in [0.2, 0.25) is 0 Å². The number of rotatable bonds is 39. The second kappa shape index (κ2) is 40.9. The topological polar surface area (TPSA) is 169 Å². The molecular weight excluding hydrogens is 759 g/mol. The fraction of sp³-hybridized carbons (Fsp3) is 0.652. The van der Waals surface area contributed by atoms with Gasteiger partial charge in [0.1, 0.15) is 12.7 Å². The smallest absolute Gasteiger partial charge is 0.462 e. The highest BCUT2D eigenvalue weighted by Gasteiger charge is 2.27. The van der Waals surface area contributed by atoms with Gasteiger partial charge in [-0.15, -0.1) is 0 Å². The lowest BCUT2D eigenvalue weighted by Crippen LogP contribution is -2.30. The van der Waals surface area contributed by atoms with Crippen LogP contribution in [0.4, 0.5) is 0 Å². The van der Waals surface area contributed by atoms with Crippen molar-refractivity contribution in [2.75, 3.05) is 26.4 Å². The van der Waals surface area contributed by atoms with Gasteiger partial charge in [-0.3, -0.25) is 18.6 Å². The molecule has 4 atom stereocenters. The number of phosphoric acid groups is 1. The van der Waals surface area contributed by atoms with Crippen molar-refractivity contribution in [3.8, 4) is 0 Å². The van der Waals surface area contributed by atoms with Gasteiger partial charge < -0.3 is 29.7 Å². The summed E-state index contributed by atoms with van der Waals surface area (Å²) in [4.78, 5) is 35.0. The lowest BCUT2D eigenvalue weighted by molar-refractivity contribution is -0.161. The number of allylic oxidation sites excluding steroid dienone is 13. The van der Waals surface area contributed by atoms with Crippen LogP contribution in [0.15, 0.2) is 85.1 Å². The molecule has 0 radical (unpaired) electrons. The van der Waals surface area contributed by atoms with Crippen LogP contribution < -0.4 is 0 Å². The number of unbranched alkanes of at least 4 members (excludes halogenated alkanes) is 11. The number of ether oxygens (including phenoxy) is 2. The first kappa shape index (κ1) is 55.1. The number of esters is 2. The van der Waals surface area contributed by atoms with Gasteiger partial charge in [-0.05, 0) is 70.6 Å². The normalized spacial score (nSPS) is 15.2. The summed E-state index contributed by atoms with van der Waals surface area (Å²) in [7, 11) is -4.68. The first-order valence-electron chi connectivity index (χ1n) is 21.7. The van der Waals surface area contributed by atoms with E-state index in [9.17, 15) is 29.3 Å². The molecule has 0 aliphatic heterocycles. The third-order valence-electron chi connectivity index (χ3n) is 8.65. The van der Waals surface area contributed by atoms with Crippen molar-refractivity contribution in [3.63, 3.8) is 0 Å². The zero-order chi connectivity index (χ0) is 42.8. The number of phosphoric ester groups is 1. The van der Waals surface area contributed by atoms with Crippen LogP contribution in [-0.4, -0.2) is 76.9 Å². The maximum Gasteiger partial charge on any atom is 0.472 e. The van der Waals surface area contributed by atoms with Crippen LogP contribution in [0.5, 0.6) is 0 Å². The Morgan fingerprint density at radius 2 is 1.14 bits per heavy atom. The Bertz CT molecular complexity index is 1250. The van der Waals surface area contributed by atoms with Gasteiger partial charge in [-0.1, -0.05) is 150 Å². The van der Waals surface area contributed by atoms with Gasteiger partial charge in [-0.25, -0.2) is 4.57 Å². The zero-order valence-electron chi connectivity index (χ0n) is 35.6. The largest absolute Gasteiger partial charge is 0.472 e. The number of hydrogen-bond acceptors (Lipinski definition) is 10. The molecule has 0 spiro atoms. The summed E-state index contributed by atoms with van der Waals surface area (Å²) in [6.07, 6.45) is 44.5. The zero-order valence-corrected chi connectivity index (χ0v) is 36.5. The highest BCUT2D eigenvalue weighted by Crippen LogP contribution is 2.43. The van der Waals surface area contributed by atoms with E-state index in [0.717, 1.165) is 64.2 Å². The van der Waals surface area contributed by atoms with Crippen molar-refractivity contribution in [1.29, 1.82) is 0 Å². The Morgan fingerprint density at radius 1 is 0.603 bits per heavy atom. The molecule has 0 bridgehead atoms. The maximum atomic E-state index is 12.6. The molecule has 0 aliphatic rings. The Kier molecular flexibility index (Phi) is 38.8. The molecular formula is C46H77O11P. The molecule has 0 saturated carbocycles. The summed E-state index contributed by atoms with van der Waals surface area (Å²) in [6.45, 7) is 1.96. The summed E-state index contributed by atoms with van der Waals surface area (Å²) in [6, 6.07) is 0. The van der Waals surface area contributed by atoms with Gasteiger partial charge in [0.05, 0.1) is 25.9 Å². The standard InChI is InChI=1S/C46H77O11P/c1-3-5-7-9-11-13-15-17-19-21-22-24-26-28-30-32-34-42(48)36-37-45(50)54-40-44(41-56-58(52,53)55-39-43(49)38-47)57-46(51)35-33-31-29-27-25-23-20-18-16-14-12-10-8-6-4-2/h5,7,11,13-14,16-17,19,22,24,28,30,32,34,42-44,47-49H,3-4,6,8-10,12,15,18,20-21,23,25-27,29,31,33,35-41H2,1-2H3,(H,52,53)/b7-5-,13-11-,16-14-,19-17-,24-22-,30-28-,34-32-/t42?,43-,44+/m0/s1. The van der Waals surface area contributed by atoms with Crippen LogP contribution in [0.3, 0.4) is 0 Å². The van der Waals surface area contributed by atoms with E-state index < -0.39 is 64.5 Å². The van der Waals surface area contributed by atoms with Crippen molar-refractivity contribution >= 4 is 19.8 Å². The minimum Gasteiger partial charge on any atom is -0.462 e. The lowest BCUT2D eigenvalue weighted by atomic mass is 10.1. The van der Waals surface area contributed by atoms with Crippen LogP contribution in [0, 0.1) is 0 Å². The summed E-state index contributed by atoms with van der Waals surface area (Å²) in [5.41, 5.74) is 0. The van der Waals surface area contributed by atoms with Crippen molar-refractivity contribution < 1.29 is 52.9 Å². The van der Waals surface area contributed by atoms with E-state index in [0.29, 0.717) is 6.42 Å². The molecule has 0 aromatic carbocycles. The minimum absolute atomic E-state index is 0.101. The maximum absolute atomic E-state index is 12.6. The Labute approximate surface area is 350 Å². The molecule has 4 N–H and O–H groups in total. The number of aliphatic hydroxyl groups is 3. The summed E-state index contributed by atoms with van der Waals surface area (Å²) in [5.74, 6) is -1.22. The van der Waals surface area contributed by atoms with E-state index in [2.05, 4.69) is 79.1 Å². The lowest BCUT2D eigenvalue weighted by Gasteiger charge is -2.20. The van der Waals surface area contributed by atoms with Gasteiger partial charge in [0.2, 0.25) is 0 Å². The predicted molar refractivity (Wildman–Crippen MR) is 234 cm³/mol. The molecule has 0 fully saturated rings. The fourth-order valence-corrected chi connectivity index (χ4v) is 6.06. The first-order chi connectivity index (χ1) is 28.1. The molecule has 0 aromatic heterocycles. The van der Waals surface area contributed by atoms with Gasteiger partial charge in [0.15, 0.2) is 6.10 Å². The van der Waals surface area contributed by atoms with E-state index >= 15 is 0 Å². The molecule has 0 saturated heterocycles. The molecule has 12 heteroatoms. The summed E-state index contributed by atoms with van der Waals surface area (Å²) < 4.78 is 32.5. The quantitative estimate of drug-likeness (QED) is 0.0153. The number of aliphatic hydroxyl groups excluding tert-OH is 3. The third-order valence-corrected chi connectivity index (χ3v) is 9.60. The van der Waals surface area contributed by atoms with E-state index in [1.165, 1.54) is 44.9 Å². The van der Waals surface area contributed by atoms with Crippen LogP contribution in [0.25, 0.3) is 0 Å². The third kappa shape index (κ3) is 39.9. The molecule has 332 valence electrons. The predicted octanol–water partition coefficient (Wildman–Crippen LogP) is 10.4. The van der Waals surface area contributed by atoms with E-state index in [4.69, 9.17) is 19.1 Å². The molecule has 2 unspecified atom stereocenters. The molecule has 0 aliphatic carbocycles. The molecule has 58 heavy (non-hydrogen) atoms. The second-order valence-electron chi connectivity index (χ2n) is 14.2. The van der Waals surface area contributed by atoms with E-state index in [1.54, 1.807) is 12.2 Å². The SMILES string of the molecule is CC/C=C\C/C=C\C/C=C\C/C=C\C/C=C\C=C/C(O)CCC(=O)OC[C@H](COP(=O)(O)OC[C@@H](O)CO)OC(=O)CCCCCCCCC/C=C\CCCCCC. The highest BCUT2D eigenvalue weighted by molar-refractivity contribution is 7.47. The molecule has 11 nitrogen and oxygen atoms in total. The van der Waals surface area contributed by atoms with E-state index in [1.807, 2.05) is 12.2 Å². The second-order valence-corrected chi connectivity index (χ2v) is 15.6. The monoisotopic (exact) mass is 837 g/mol. The molecule has 0 aromatic rings. The van der Waals surface area contributed by atoms with Crippen molar-refractivity contribution in [2.45, 2.75) is 167 Å². The average molecular weight is 837 g/mol. The summed E-state index contributed by atoms with van der Waals surface area (Å²) >= 11 is 0. The van der Waals surface area contributed by atoms with Gasteiger partial charge in [-0.2, -0.15) is 0 Å². The number of hydrogen-bond donors (Lipinski definition) is 4.